The van der Waals surface area contributed by atoms with E-state index in [0.717, 1.165) is 43.2 Å². The van der Waals surface area contributed by atoms with Gasteiger partial charge in [0.1, 0.15) is 36.1 Å². The van der Waals surface area contributed by atoms with Crippen molar-refractivity contribution in [3.63, 3.8) is 0 Å². The molecule has 8 nitrogen and oxygen atoms in total. The van der Waals surface area contributed by atoms with E-state index in [9.17, 15) is 19.8 Å². The average molecular weight is 714 g/mol. The van der Waals surface area contributed by atoms with E-state index in [4.69, 9.17) is 9.47 Å². The van der Waals surface area contributed by atoms with Crippen molar-refractivity contribution in [2.24, 2.45) is 0 Å². The molecule has 6 aromatic rings. The first kappa shape index (κ1) is 35.2. The van der Waals surface area contributed by atoms with Crippen LogP contribution < -0.4 is 19.7 Å². The first-order valence-electron chi connectivity index (χ1n) is 14.1. The van der Waals surface area contributed by atoms with Gasteiger partial charge >= 0.3 is 19.5 Å². The number of ether oxygens (including phenoxy) is 2. The summed E-state index contributed by atoms with van der Waals surface area (Å²) in [6.07, 6.45) is 3.02. The van der Waals surface area contributed by atoms with Crippen molar-refractivity contribution in [3.8, 4) is 33.8 Å². The Morgan fingerprint density at radius 1 is 0.532 bits per heavy atom. The smallest absolute Gasteiger partial charge is 0.543 e. The summed E-state index contributed by atoms with van der Waals surface area (Å²) in [5.74, 6) is -2.06. The van der Waals surface area contributed by atoms with Crippen LogP contribution in [0.3, 0.4) is 0 Å². The second-order valence-corrected chi connectivity index (χ2v) is 10.9. The fraction of sp³-hybridized carbons (Fsp3) is 0.0556. The fourth-order valence-corrected chi connectivity index (χ4v) is 5.36. The van der Waals surface area contributed by atoms with Gasteiger partial charge in [0.05, 0.1) is 11.9 Å². The summed E-state index contributed by atoms with van der Waals surface area (Å²) in [5, 5.41) is 22.0. The van der Waals surface area contributed by atoms with Crippen molar-refractivity contribution in [3.05, 3.63) is 144 Å². The molecule has 0 aliphatic carbocycles. The van der Waals surface area contributed by atoms with E-state index in [-0.39, 0.29) is 55.6 Å². The third-order valence-electron chi connectivity index (χ3n) is 7.02. The number of hydrogen-bond donors (Lipinski definition) is 4. The molecule has 0 bridgehead atoms. The Morgan fingerprint density at radius 2 is 0.872 bits per heavy atom. The minimum atomic E-state index is -1.29. The molecule has 4 aromatic carbocycles. The minimum Gasteiger partial charge on any atom is -0.543 e. The number of hydrogen-bond acceptors (Lipinski definition) is 8. The van der Waals surface area contributed by atoms with Crippen LogP contribution in [0.4, 0.5) is 0 Å². The number of nitrogens with one attached hydrogen (secondary N) is 2. The Balaban J connectivity index is 0.000000208. The number of carbonyl (C=O) groups excluding carboxylic acids is 2. The maximum Gasteiger partial charge on any atom is 2.00 e. The topological polar surface area (TPSA) is 130 Å². The maximum atomic E-state index is 11.0. The van der Waals surface area contributed by atoms with Crippen molar-refractivity contribution in [1.82, 2.24) is 9.97 Å². The number of benzene rings is 4. The van der Waals surface area contributed by atoms with E-state index in [1.165, 1.54) is 12.4 Å². The Labute approximate surface area is 295 Å². The molecule has 0 atom stereocenters. The maximum absolute atomic E-state index is 11.0. The fourth-order valence-electron chi connectivity index (χ4n) is 4.80. The van der Waals surface area contributed by atoms with Crippen molar-refractivity contribution in [2.45, 2.75) is 23.0 Å². The monoisotopic (exact) mass is 712 g/mol. The molecule has 0 spiro atoms. The van der Waals surface area contributed by atoms with E-state index in [2.05, 4.69) is 35.2 Å². The molecule has 0 saturated heterocycles. The number of carboxylic acids is 2. The van der Waals surface area contributed by atoms with Gasteiger partial charge < -0.3 is 39.2 Å². The summed E-state index contributed by atoms with van der Waals surface area (Å²) < 4.78 is 11.3. The predicted molar refractivity (Wildman–Crippen MR) is 177 cm³/mol. The summed E-state index contributed by atoms with van der Waals surface area (Å²) in [5.41, 5.74) is 5.79. The van der Waals surface area contributed by atoms with E-state index >= 15 is 0 Å². The van der Waals surface area contributed by atoms with Crippen LogP contribution >= 0.6 is 25.3 Å². The van der Waals surface area contributed by atoms with Gasteiger partial charge in [-0.3, -0.25) is 0 Å². The van der Waals surface area contributed by atoms with Crippen molar-refractivity contribution < 1.29 is 48.8 Å². The normalized spacial score (nSPS) is 10.3. The SMILES string of the molecule is O=C([O-])c1[nH]ccc1OCc1ccccc1-c1ccccc1S.O=C([O-])c1[nH]ccc1OCc1ccccc1-c1ccccc1S.[Zn+2]. The zero-order chi connectivity index (χ0) is 32.5. The Bertz CT molecular complexity index is 1830. The Kier molecular flexibility index (Phi) is 12.5. The molecule has 2 aromatic heterocycles. The number of carboxylic acid groups (broad SMARTS) is 2. The zero-order valence-corrected chi connectivity index (χ0v) is 29.8. The van der Waals surface area contributed by atoms with Crippen LogP contribution in [0.1, 0.15) is 32.1 Å². The van der Waals surface area contributed by atoms with Crippen LogP contribution in [0.15, 0.2) is 131 Å². The van der Waals surface area contributed by atoms with E-state index in [1.54, 1.807) is 12.1 Å². The molecule has 0 unspecified atom stereocenters. The number of aromatic carboxylic acids is 2. The van der Waals surface area contributed by atoms with Gasteiger partial charge in [-0.2, -0.15) is 0 Å². The van der Waals surface area contributed by atoms with Crippen LogP contribution in [0.2, 0.25) is 0 Å². The van der Waals surface area contributed by atoms with Crippen LogP contribution in [0, 0.1) is 0 Å². The van der Waals surface area contributed by atoms with Gasteiger partial charge in [0.2, 0.25) is 0 Å². The Morgan fingerprint density at radius 3 is 1.23 bits per heavy atom. The van der Waals surface area contributed by atoms with E-state index in [1.807, 2.05) is 97.1 Å². The largest absolute Gasteiger partial charge is 2.00 e. The first-order valence-corrected chi connectivity index (χ1v) is 15.0. The molecule has 2 N–H and O–H groups in total. The average Bonchev–Trinajstić information content (AvgIpc) is 3.74. The van der Waals surface area contributed by atoms with Crippen LogP contribution in [0.25, 0.3) is 22.3 Å². The minimum absolute atomic E-state index is 0. The predicted octanol–water partition coefficient (Wildman–Crippen LogP) is 5.82. The standard InChI is InChI=1S/2C18H15NO3S.Zn/c2*20-18(21)17-15(9-10-19-17)22-11-12-5-1-2-6-13(12)14-7-3-4-8-16(14)23;/h2*1-10,19,23H,11H2,(H,20,21);/q;;+2/p-2. The molecule has 0 saturated carbocycles. The summed E-state index contributed by atoms with van der Waals surface area (Å²) in [6, 6.07) is 34.3. The Hall–Kier alpha value is -4.70. The summed E-state index contributed by atoms with van der Waals surface area (Å²) in [4.78, 5) is 28.9. The molecule has 11 heteroatoms. The van der Waals surface area contributed by atoms with Crippen LogP contribution in [-0.2, 0) is 32.7 Å². The molecule has 47 heavy (non-hydrogen) atoms. The van der Waals surface area contributed by atoms with Gasteiger partial charge in [-0.15, -0.1) is 25.3 Å². The number of aromatic amines is 2. The van der Waals surface area contributed by atoms with Gasteiger partial charge in [0.25, 0.3) is 0 Å². The number of rotatable bonds is 10. The van der Waals surface area contributed by atoms with Gasteiger partial charge in [0.15, 0.2) is 0 Å². The molecule has 0 amide bonds. The number of thiol groups is 2. The zero-order valence-electron chi connectivity index (χ0n) is 25.0. The third-order valence-corrected chi connectivity index (χ3v) is 7.80. The van der Waals surface area contributed by atoms with E-state index in [0.29, 0.717) is 0 Å². The second-order valence-electron chi connectivity index (χ2n) is 9.93. The van der Waals surface area contributed by atoms with Gasteiger partial charge in [-0.1, -0.05) is 84.9 Å². The number of aromatic nitrogens is 2. The molecular weight excluding hydrogens is 686 g/mol. The second kappa shape index (κ2) is 16.7. The van der Waals surface area contributed by atoms with Gasteiger partial charge in [0, 0.05) is 22.2 Å². The quantitative estimate of drug-likeness (QED) is 0.105. The van der Waals surface area contributed by atoms with Crippen molar-refractivity contribution >= 4 is 37.2 Å². The van der Waals surface area contributed by atoms with Gasteiger partial charge in [-0.25, -0.2) is 0 Å². The molecule has 0 fully saturated rings. The molecule has 0 aliphatic rings. The molecule has 6 rings (SSSR count). The molecule has 2 heterocycles. The van der Waals surface area contributed by atoms with Crippen molar-refractivity contribution in [1.29, 1.82) is 0 Å². The summed E-state index contributed by atoms with van der Waals surface area (Å²) in [7, 11) is 0. The summed E-state index contributed by atoms with van der Waals surface area (Å²) >= 11 is 8.99. The molecule has 0 radical (unpaired) electrons. The van der Waals surface area contributed by atoms with Crippen LogP contribution in [-0.4, -0.2) is 21.9 Å². The molecule has 232 valence electrons. The number of carbonyl (C=O) groups is 2. The number of H-pyrrole nitrogens is 2. The van der Waals surface area contributed by atoms with Gasteiger partial charge in [-0.05, 0) is 57.6 Å². The molecule has 0 aliphatic heterocycles. The third kappa shape index (κ3) is 8.77. The first-order chi connectivity index (χ1) is 22.3. The summed E-state index contributed by atoms with van der Waals surface area (Å²) in [6.45, 7) is 0.493. The van der Waals surface area contributed by atoms with Crippen molar-refractivity contribution in [2.75, 3.05) is 0 Å². The molecular formula is C36H28N2O6S2Zn. The van der Waals surface area contributed by atoms with Crippen LogP contribution in [0.5, 0.6) is 11.5 Å². The van der Waals surface area contributed by atoms with E-state index < -0.39 is 11.9 Å².